The maximum absolute atomic E-state index is 11.9. The topological polar surface area (TPSA) is 93.5 Å². The van der Waals surface area contributed by atoms with Gasteiger partial charge in [-0.2, -0.15) is 0 Å². The predicted octanol–water partition coefficient (Wildman–Crippen LogP) is 2.14. The van der Waals surface area contributed by atoms with Crippen LogP contribution in [0.5, 0.6) is 0 Å². The lowest BCUT2D eigenvalue weighted by atomic mass is 10.2. The smallest absolute Gasteiger partial charge is 0.408 e. The summed E-state index contributed by atoms with van der Waals surface area (Å²) in [4.78, 5) is 27.6. The Labute approximate surface area is 139 Å². The summed E-state index contributed by atoms with van der Waals surface area (Å²) in [5.74, 6) is 0.169. The van der Waals surface area contributed by atoms with E-state index in [2.05, 4.69) is 10.3 Å². The van der Waals surface area contributed by atoms with E-state index >= 15 is 0 Å². The van der Waals surface area contributed by atoms with E-state index in [0.717, 1.165) is 24.2 Å². The Balaban J connectivity index is 1.56. The lowest BCUT2D eigenvalue weighted by Gasteiger charge is -2.16. The van der Waals surface area contributed by atoms with Crippen molar-refractivity contribution in [3.8, 4) is 0 Å². The molecule has 0 aliphatic heterocycles. The predicted molar refractivity (Wildman–Crippen MR) is 85.4 cm³/mol. The Morgan fingerprint density at radius 1 is 1.33 bits per heavy atom. The Kier molecular flexibility index (Phi) is 4.79. The number of benzene rings is 1. The van der Waals surface area contributed by atoms with Gasteiger partial charge in [0.1, 0.15) is 18.5 Å². The zero-order valence-electron chi connectivity index (χ0n) is 13.1. The quantitative estimate of drug-likeness (QED) is 0.812. The number of nitrogens with zero attached hydrogens (tertiary/aromatic N) is 2. The van der Waals surface area contributed by atoms with Crippen molar-refractivity contribution in [1.29, 1.82) is 0 Å². The van der Waals surface area contributed by atoms with Gasteiger partial charge in [0.15, 0.2) is 0 Å². The van der Waals surface area contributed by atoms with Crippen molar-refractivity contribution in [3.63, 3.8) is 0 Å². The maximum Gasteiger partial charge on any atom is 0.408 e. The first-order valence-electron chi connectivity index (χ1n) is 7.84. The molecule has 1 aromatic heterocycles. The monoisotopic (exact) mass is 329 g/mol. The zero-order chi connectivity index (χ0) is 16.9. The molecule has 1 aliphatic rings. The molecule has 1 unspecified atom stereocenters. The van der Waals surface area contributed by atoms with Gasteiger partial charge in [-0.3, -0.25) is 0 Å². The maximum atomic E-state index is 11.9. The first-order chi connectivity index (χ1) is 11.6. The van der Waals surface area contributed by atoms with E-state index in [4.69, 9.17) is 4.74 Å². The number of imidazole rings is 1. The molecule has 126 valence electrons. The molecule has 1 amide bonds. The van der Waals surface area contributed by atoms with E-state index in [0.29, 0.717) is 5.92 Å². The van der Waals surface area contributed by atoms with Gasteiger partial charge in [-0.25, -0.2) is 14.6 Å². The standard InChI is InChI=1S/C17H19N3O4/c21-16(22)14(10-20-9-8-18-15(20)13-6-7-13)19-17(23)24-11-12-4-2-1-3-5-12/h1-5,8-9,13-14H,6-7,10-11H2,(H,19,23)(H,21,22). The Hall–Kier alpha value is -2.83. The number of aromatic nitrogens is 2. The molecule has 1 saturated carbocycles. The summed E-state index contributed by atoms with van der Waals surface area (Å²) >= 11 is 0. The molecule has 1 atom stereocenters. The van der Waals surface area contributed by atoms with Crippen molar-refractivity contribution in [2.45, 2.75) is 38.0 Å². The van der Waals surface area contributed by atoms with Gasteiger partial charge in [-0.05, 0) is 18.4 Å². The molecule has 24 heavy (non-hydrogen) atoms. The van der Waals surface area contributed by atoms with Crippen LogP contribution in [-0.4, -0.2) is 32.8 Å². The molecule has 1 aromatic carbocycles. The van der Waals surface area contributed by atoms with Gasteiger partial charge < -0.3 is 19.7 Å². The molecule has 2 N–H and O–H groups in total. The number of carboxylic acids is 1. The number of carbonyl (C=O) groups is 2. The van der Waals surface area contributed by atoms with Crippen LogP contribution in [0.15, 0.2) is 42.7 Å². The number of amides is 1. The van der Waals surface area contributed by atoms with Gasteiger partial charge in [0.2, 0.25) is 0 Å². The van der Waals surface area contributed by atoms with Gasteiger partial charge in [0, 0.05) is 18.3 Å². The minimum absolute atomic E-state index is 0.0947. The molecule has 0 saturated heterocycles. The van der Waals surface area contributed by atoms with Crippen LogP contribution in [0.25, 0.3) is 0 Å². The molecule has 1 heterocycles. The zero-order valence-corrected chi connectivity index (χ0v) is 13.1. The number of alkyl carbamates (subject to hydrolysis) is 1. The molecule has 7 heteroatoms. The van der Waals surface area contributed by atoms with Gasteiger partial charge >= 0.3 is 12.1 Å². The number of carboxylic acid groups (broad SMARTS) is 1. The fourth-order valence-corrected chi connectivity index (χ4v) is 2.47. The molecule has 1 aliphatic carbocycles. The van der Waals surface area contributed by atoms with Crippen LogP contribution in [0.3, 0.4) is 0 Å². The largest absolute Gasteiger partial charge is 0.480 e. The van der Waals surface area contributed by atoms with Crippen LogP contribution in [0.4, 0.5) is 4.79 Å². The van der Waals surface area contributed by atoms with Crippen molar-refractivity contribution >= 4 is 12.1 Å². The van der Waals surface area contributed by atoms with E-state index < -0.39 is 18.1 Å². The Bertz CT molecular complexity index is 710. The highest BCUT2D eigenvalue weighted by Gasteiger charge is 2.30. The Morgan fingerprint density at radius 3 is 2.75 bits per heavy atom. The number of hydrogen-bond donors (Lipinski definition) is 2. The minimum atomic E-state index is -1.11. The lowest BCUT2D eigenvalue weighted by molar-refractivity contribution is -0.139. The van der Waals surface area contributed by atoms with Crippen LogP contribution in [0.2, 0.25) is 0 Å². The first-order valence-corrected chi connectivity index (χ1v) is 7.84. The average molecular weight is 329 g/mol. The van der Waals surface area contributed by atoms with E-state index in [1.165, 1.54) is 0 Å². The van der Waals surface area contributed by atoms with Crippen LogP contribution in [-0.2, 0) is 22.7 Å². The molecule has 0 spiro atoms. The number of aliphatic carboxylic acids is 1. The van der Waals surface area contributed by atoms with Gasteiger partial charge in [-0.15, -0.1) is 0 Å². The fourth-order valence-electron chi connectivity index (χ4n) is 2.47. The lowest BCUT2D eigenvalue weighted by Crippen LogP contribution is -2.44. The van der Waals surface area contributed by atoms with E-state index in [1.807, 2.05) is 30.3 Å². The molecular formula is C17H19N3O4. The number of hydrogen-bond acceptors (Lipinski definition) is 4. The summed E-state index contributed by atoms with van der Waals surface area (Å²) in [6.07, 6.45) is 4.78. The highest BCUT2D eigenvalue weighted by molar-refractivity contribution is 5.79. The van der Waals surface area contributed by atoms with Gasteiger partial charge in [0.25, 0.3) is 0 Å². The summed E-state index contributed by atoms with van der Waals surface area (Å²) in [5, 5.41) is 11.7. The minimum Gasteiger partial charge on any atom is -0.480 e. The van der Waals surface area contributed by atoms with Crippen molar-refractivity contribution in [3.05, 3.63) is 54.1 Å². The molecule has 7 nitrogen and oxygen atoms in total. The summed E-state index contributed by atoms with van der Waals surface area (Å²) in [6.45, 7) is 0.221. The highest BCUT2D eigenvalue weighted by Crippen LogP contribution is 2.38. The summed E-state index contributed by atoms with van der Waals surface area (Å²) in [5.41, 5.74) is 0.838. The van der Waals surface area contributed by atoms with Crippen LogP contribution < -0.4 is 5.32 Å². The van der Waals surface area contributed by atoms with E-state index in [-0.39, 0.29) is 13.2 Å². The van der Waals surface area contributed by atoms with Crippen molar-refractivity contribution in [2.75, 3.05) is 0 Å². The molecule has 0 bridgehead atoms. The molecule has 0 radical (unpaired) electrons. The second kappa shape index (κ2) is 7.16. The van der Waals surface area contributed by atoms with Crippen LogP contribution in [0, 0.1) is 0 Å². The average Bonchev–Trinajstić information content (AvgIpc) is 3.32. The van der Waals surface area contributed by atoms with Crippen molar-refractivity contribution < 1.29 is 19.4 Å². The summed E-state index contributed by atoms with van der Waals surface area (Å²) in [6, 6.07) is 8.14. The fraction of sp³-hybridized carbons (Fsp3) is 0.353. The van der Waals surface area contributed by atoms with Crippen molar-refractivity contribution in [1.82, 2.24) is 14.9 Å². The van der Waals surface area contributed by atoms with Gasteiger partial charge in [-0.1, -0.05) is 30.3 Å². The second-order valence-electron chi connectivity index (χ2n) is 5.81. The van der Waals surface area contributed by atoms with E-state index in [9.17, 15) is 14.7 Å². The summed E-state index contributed by atoms with van der Waals surface area (Å²) < 4.78 is 6.87. The first kappa shape index (κ1) is 16.0. The molecule has 1 fully saturated rings. The number of nitrogens with one attached hydrogen (secondary N) is 1. The number of rotatable bonds is 7. The van der Waals surface area contributed by atoms with Crippen molar-refractivity contribution in [2.24, 2.45) is 0 Å². The molecule has 3 rings (SSSR count). The highest BCUT2D eigenvalue weighted by atomic mass is 16.5. The molecule has 2 aromatic rings. The number of carbonyl (C=O) groups excluding carboxylic acids is 1. The third-order valence-electron chi connectivity index (χ3n) is 3.87. The third-order valence-corrected chi connectivity index (χ3v) is 3.87. The van der Waals surface area contributed by atoms with Crippen LogP contribution in [0.1, 0.15) is 30.1 Å². The number of ether oxygens (including phenoxy) is 1. The molecular weight excluding hydrogens is 310 g/mol. The third kappa shape index (κ3) is 4.13. The van der Waals surface area contributed by atoms with E-state index in [1.54, 1.807) is 17.0 Å². The summed E-state index contributed by atoms with van der Waals surface area (Å²) in [7, 11) is 0. The van der Waals surface area contributed by atoms with Crippen LogP contribution >= 0.6 is 0 Å². The Morgan fingerprint density at radius 2 is 2.08 bits per heavy atom. The van der Waals surface area contributed by atoms with Gasteiger partial charge in [0.05, 0.1) is 6.54 Å². The SMILES string of the molecule is O=C(NC(Cn1ccnc1C1CC1)C(=O)O)OCc1ccccc1. The second-order valence-corrected chi connectivity index (χ2v) is 5.81. The normalized spacial score (nSPS) is 14.8.